The quantitative estimate of drug-likeness (QED) is 0.427. The van der Waals surface area contributed by atoms with Crippen LogP contribution in [-0.2, 0) is 0 Å². The van der Waals surface area contributed by atoms with E-state index in [2.05, 4.69) is 48.9 Å². The summed E-state index contributed by atoms with van der Waals surface area (Å²) in [6.45, 7) is 15.2. The van der Waals surface area contributed by atoms with Gasteiger partial charge < -0.3 is 16.4 Å². The molecule has 3 nitrogen and oxygen atoms in total. The molecule has 4 N–H and O–H groups in total. The molecule has 0 bridgehead atoms. The standard InChI is InChI=1S/C18H32N2.C2H6.CH5N/c1-4-17(12-11-16(2)3)15-19-13-8-14-20-18-9-6-5-7-10-18;2*1-2/h4,11-12,18-20H,1,5-10,13-15H2,2-3H3;1-2H3;2H2,1H3/b17-12+;;. The summed E-state index contributed by atoms with van der Waals surface area (Å²) in [5, 5.41) is 7.17. The summed E-state index contributed by atoms with van der Waals surface area (Å²) in [4.78, 5) is 0. The van der Waals surface area contributed by atoms with Gasteiger partial charge in [0.2, 0.25) is 0 Å². The number of hydrogen-bond donors (Lipinski definition) is 3. The van der Waals surface area contributed by atoms with E-state index in [0.717, 1.165) is 25.7 Å². The van der Waals surface area contributed by atoms with Gasteiger partial charge in [-0.05, 0) is 58.8 Å². The van der Waals surface area contributed by atoms with E-state index < -0.39 is 0 Å². The van der Waals surface area contributed by atoms with Crippen molar-refractivity contribution in [3.63, 3.8) is 0 Å². The molecule has 1 aliphatic rings. The van der Waals surface area contributed by atoms with Crippen molar-refractivity contribution >= 4 is 0 Å². The van der Waals surface area contributed by atoms with Crippen LogP contribution in [0, 0.1) is 0 Å². The monoisotopic (exact) mass is 337 g/mol. The number of hydrogen-bond acceptors (Lipinski definition) is 3. The van der Waals surface area contributed by atoms with Crippen LogP contribution in [0.5, 0.6) is 0 Å². The lowest BCUT2D eigenvalue weighted by Gasteiger charge is -2.22. The molecule has 1 fully saturated rings. The van der Waals surface area contributed by atoms with E-state index in [1.54, 1.807) is 0 Å². The molecule has 0 aromatic heterocycles. The van der Waals surface area contributed by atoms with Gasteiger partial charge in [-0.15, -0.1) is 0 Å². The highest BCUT2D eigenvalue weighted by Gasteiger charge is 2.11. The van der Waals surface area contributed by atoms with Gasteiger partial charge in [0.05, 0.1) is 0 Å². The SMILES string of the molecule is C=C/C(=C\C=C(C)C)CNCCCNC1CCCCC1.CC.CN. The summed E-state index contributed by atoms with van der Waals surface area (Å²) in [7, 11) is 1.50. The van der Waals surface area contributed by atoms with Crippen LogP contribution in [0.15, 0.2) is 36.0 Å². The van der Waals surface area contributed by atoms with Gasteiger partial charge in [0.25, 0.3) is 0 Å². The Balaban J connectivity index is 0. The Labute approximate surface area is 151 Å². The second-order valence-electron chi connectivity index (χ2n) is 6.01. The van der Waals surface area contributed by atoms with Gasteiger partial charge in [0, 0.05) is 12.6 Å². The van der Waals surface area contributed by atoms with Crippen molar-refractivity contribution in [1.82, 2.24) is 10.6 Å². The fraction of sp³-hybridized carbons (Fsp3) is 0.714. The Morgan fingerprint density at radius 3 is 2.21 bits per heavy atom. The van der Waals surface area contributed by atoms with Crippen molar-refractivity contribution in [2.45, 2.75) is 72.3 Å². The molecular weight excluding hydrogens is 294 g/mol. The topological polar surface area (TPSA) is 50.1 Å². The third-order valence-corrected chi connectivity index (χ3v) is 3.79. The molecule has 0 spiro atoms. The van der Waals surface area contributed by atoms with Crippen molar-refractivity contribution in [1.29, 1.82) is 0 Å². The lowest BCUT2D eigenvalue weighted by atomic mass is 9.95. The molecular formula is C21H43N3. The minimum Gasteiger partial charge on any atom is -0.333 e. The Morgan fingerprint density at radius 2 is 1.67 bits per heavy atom. The van der Waals surface area contributed by atoms with Crippen LogP contribution in [0.3, 0.4) is 0 Å². The van der Waals surface area contributed by atoms with Crippen molar-refractivity contribution in [3.05, 3.63) is 36.0 Å². The van der Waals surface area contributed by atoms with E-state index in [1.165, 1.54) is 56.7 Å². The van der Waals surface area contributed by atoms with E-state index in [0.29, 0.717) is 0 Å². The lowest BCUT2D eigenvalue weighted by Crippen LogP contribution is -2.33. The minimum atomic E-state index is 0.782. The van der Waals surface area contributed by atoms with Crippen LogP contribution < -0.4 is 16.4 Å². The highest BCUT2D eigenvalue weighted by Crippen LogP contribution is 2.17. The summed E-state index contributed by atoms with van der Waals surface area (Å²) in [5.74, 6) is 0. The number of nitrogens with two attached hydrogens (primary N) is 1. The number of rotatable bonds is 9. The van der Waals surface area contributed by atoms with Crippen LogP contribution in [0.4, 0.5) is 0 Å². The second kappa shape index (κ2) is 20.1. The predicted octanol–water partition coefficient (Wildman–Crippen LogP) is 4.57. The maximum absolute atomic E-state index is 4.50. The smallest absolute Gasteiger partial charge is 0.0205 e. The van der Waals surface area contributed by atoms with Crippen molar-refractivity contribution in [3.8, 4) is 0 Å². The Bertz CT molecular complexity index is 322. The van der Waals surface area contributed by atoms with Crippen molar-refractivity contribution < 1.29 is 0 Å². The first-order valence-corrected chi connectivity index (χ1v) is 9.70. The maximum atomic E-state index is 4.50. The normalized spacial score (nSPS) is 14.7. The lowest BCUT2D eigenvalue weighted by molar-refractivity contribution is 0.371. The van der Waals surface area contributed by atoms with E-state index >= 15 is 0 Å². The van der Waals surface area contributed by atoms with Crippen LogP contribution in [0.1, 0.15) is 66.2 Å². The molecule has 1 saturated carbocycles. The Hall–Kier alpha value is -0.900. The summed E-state index contributed by atoms with van der Waals surface area (Å²) in [6.07, 6.45) is 14.4. The zero-order valence-electron chi connectivity index (χ0n) is 17.0. The summed E-state index contributed by atoms with van der Waals surface area (Å²) >= 11 is 0. The van der Waals surface area contributed by atoms with E-state index in [9.17, 15) is 0 Å². The Morgan fingerprint density at radius 1 is 1.04 bits per heavy atom. The summed E-state index contributed by atoms with van der Waals surface area (Å²) in [6, 6.07) is 0.782. The minimum absolute atomic E-state index is 0.782. The average Bonchev–Trinajstić information content (AvgIpc) is 2.64. The van der Waals surface area contributed by atoms with E-state index in [4.69, 9.17) is 0 Å². The van der Waals surface area contributed by atoms with Crippen molar-refractivity contribution in [2.75, 3.05) is 26.7 Å². The third kappa shape index (κ3) is 16.0. The summed E-state index contributed by atoms with van der Waals surface area (Å²) < 4.78 is 0. The Kier molecular flexibility index (Phi) is 21.3. The zero-order chi connectivity index (χ0) is 18.6. The van der Waals surface area contributed by atoms with Crippen LogP contribution in [-0.4, -0.2) is 32.7 Å². The van der Waals surface area contributed by atoms with E-state index in [-0.39, 0.29) is 0 Å². The fourth-order valence-corrected chi connectivity index (χ4v) is 2.53. The average molecular weight is 338 g/mol. The largest absolute Gasteiger partial charge is 0.333 e. The molecule has 0 amide bonds. The van der Waals surface area contributed by atoms with E-state index in [1.807, 2.05) is 19.9 Å². The molecule has 1 aliphatic carbocycles. The van der Waals surface area contributed by atoms with Gasteiger partial charge in [-0.2, -0.15) is 0 Å². The maximum Gasteiger partial charge on any atom is 0.0205 e. The molecule has 24 heavy (non-hydrogen) atoms. The van der Waals surface area contributed by atoms with Crippen LogP contribution in [0.2, 0.25) is 0 Å². The number of nitrogens with one attached hydrogen (secondary N) is 2. The highest BCUT2D eigenvalue weighted by molar-refractivity contribution is 5.24. The molecule has 3 heteroatoms. The van der Waals surface area contributed by atoms with Gasteiger partial charge in [0.1, 0.15) is 0 Å². The molecule has 0 aromatic carbocycles. The first-order valence-electron chi connectivity index (χ1n) is 9.70. The molecule has 142 valence electrons. The molecule has 1 rings (SSSR count). The first-order chi connectivity index (χ1) is 11.7. The zero-order valence-corrected chi connectivity index (χ0v) is 17.0. The molecule has 0 radical (unpaired) electrons. The fourth-order valence-electron chi connectivity index (χ4n) is 2.53. The van der Waals surface area contributed by atoms with Crippen LogP contribution >= 0.6 is 0 Å². The van der Waals surface area contributed by atoms with Gasteiger partial charge in [-0.1, -0.05) is 63.5 Å². The molecule has 0 heterocycles. The first kappa shape index (κ1) is 25.3. The van der Waals surface area contributed by atoms with Gasteiger partial charge in [-0.3, -0.25) is 0 Å². The second-order valence-corrected chi connectivity index (χ2v) is 6.01. The third-order valence-electron chi connectivity index (χ3n) is 3.79. The van der Waals surface area contributed by atoms with Gasteiger partial charge in [0.15, 0.2) is 0 Å². The number of allylic oxidation sites excluding steroid dienone is 3. The predicted molar refractivity (Wildman–Crippen MR) is 112 cm³/mol. The molecule has 0 atom stereocenters. The molecule has 0 aromatic rings. The van der Waals surface area contributed by atoms with Crippen LogP contribution in [0.25, 0.3) is 0 Å². The molecule has 0 saturated heterocycles. The van der Waals surface area contributed by atoms with Crippen molar-refractivity contribution in [2.24, 2.45) is 5.73 Å². The van der Waals surface area contributed by atoms with Gasteiger partial charge in [-0.25, -0.2) is 0 Å². The highest BCUT2D eigenvalue weighted by atomic mass is 14.9. The summed E-state index contributed by atoms with van der Waals surface area (Å²) in [5.41, 5.74) is 7.08. The molecule has 0 aliphatic heterocycles. The molecule has 0 unspecified atom stereocenters. The van der Waals surface area contributed by atoms with Gasteiger partial charge >= 0.3 is 0 Å².